The van der Waals surface area contributed by atoms with E-state index in [-0.39, 0.29) is 0 Å². The van der Waals surface area contributed by atoms with Crippen LogP contribution < -0.4 is 5.32 Å². The molecule has 0 aromatic carbocycles. The average Bonchev–Trinajstić information content (AvgIpc) is 2.80. The van der Waals surface area contributed by atoms with Crippen LogP contribution in [0.4, 0.5) is 0 Å². The van der Waals surface area contributed by atoms with Crippen LogP contribution in [0.15, 0.2) is 10.5 Å². The monoisotopic (exact) mass is 330 g/mol. The van der Waals surface area contributed by atoms with Crippen LogP contribution in [0.5, 0.6) is 0 Å². The third-order valence-electron chi connectivity index (χ3n) is 3.73. The molecule has 1 aliphatic rings. The van der Waals surface area contributed by atoms with Crippen LogP contribution in [0.2, 0.25) is 0 Å². The Bertz CT molecular complexity index is 383. The molecule has 1 N–H and O–H groups in total. The van der Waals surface area contributed by atoms with E-state index in [1.807, 2.05) is 11.3 Å². The van der Waals surface area contributed by atoms with E-state index >= 15 is 0 Å². The summed E-state index contributed by atoms with van der Waals surface area (Å²) in [4.78, 5) is 5.40. The van der Waals surface area contributed by atoms with Crippen molar-refractivity contribution in [3.8, 4) is 0 Å². The lowest BCUT2D eigenvalue weighted by Gasteiger charge is -2.25. The quantitative estimate of drug-likeness (QED) is 0.903. The Balaban J connectivity index is 2.12. The number of nitrogens with one attached hydrogen (secondary N) is 1. The van der Waals surface area contributed by atoms with E-state index < -0.39 is 0 Å². The number of hydrogen-bond donors (Lipinski definition) is 1. The Morgan fingerprint density at radius 1 is 1.56 bits per heavy atom. The maximum atomic E-state index is 3.64. The first-order valence-electron chi connectivity index (χ1n) is 6.68. The van der Waals surface area contributed by atoms with Gasteiger partial charge >= 0.3 is 0 Å². The second-order valence-corrected chi connectivity index (χ2v) is 7.73. The highest BCUT2D eigenvalue weighted by atomic mass is 79.9. The lowest BCUT2D eigenvalue weighted by molar-refractivity contribution is 0.273. The topological polar surface area (TPSA) is 15.3 Å². The second kappa shape index (κ2) is 6.04. The molecule has 2 nitrogen and oxygen atoms in total. The Morgan fingerprint density at radius 2 is 2.28 bits per heavy atom. The summed E-state index contributed by atoms with van der Waals surface area (Å²) in [5.41, 5.74) is 0. The number of aryl methyl sites for hydroxylation is 1. The first kappa shape index (κ1) is 14.5. The normalized spacial score (nSPS) is 25.2. The Labute approximate surface area is 123 Å². The molecule has 2 atom stereocenters. The minimum Gasteiger partial charge on any atom is -0.314 e. The lowest BCUT2D eigenvalue weighted by Crippen LogP contribution is -2.31. The fourth-order valence-electron chi connectivity index (χ4n) is 2.70. The number of hydrogen-bond acceptors (Lipinski definition) is 3. The van der Waals surface area contributed by atoms with Crippen molar-refractivity contribution >= 4 is 27.3 Å². The molecule has 0 saturated carbocycles. The highest BCUT2D eigenvalue weighted by Crippen LogP contribution is 2.41. The van der Waals surface area contributed by atoms with Gasteiger partial charge in [0.05, 0.1) is 0 Å². The van der Waals surface area contributed by atoms with E-state index in [1.54, 1.807) is 0 Å². The molecule has 2 rings (SSSR count). The van der Waals surface area contributed by atoms with Gasteiger partial charge in [0.25, 0.3) is 0 Å². The summed E-state index contributed by atoms with van der Waals surface area (Å²) in [7, 11) is 2.25. The van der Waals surface area contributed by atoms with Crippen molar-refractivity contribution in [3.63, 3.8) is 0 Å². The molecule has 0 bridgehead atoms. The summed E-state index contributed by atoms with van der Waals surface area (Å²) in [6, 6.07) is 3.48. The largest absolute Gasteiger partial charge is 0.314 e. The van der Waals surface area contributed by atoms with E-state index in [4.69, 9.17) is 0 Å². The summed E-state index contributed by atoms with van der Waals surface area (Å²) in [5, 5.41) is 3.60. The fraction of sp³-hybridized carbons (Fsp3) is 0.714. The highest BCUT2D eigenvalue weighted by molar-refractivity contribution is 9.10. The average molecular weight is 331 g/mol. The van der Waals surface area contributed by atoms with E-state index in [2.05, 4.69) is 60.0 Å². The van der Waals surface area contributed by atoms with Gasteiger partial charge in [0.15, 0.2) is 0 Å². The summed E-state index contributed by atoms with van der Waals surface area (Å²) in [5.74, 6) is 0.738. The molecule has 1 fully saturated rings. The maximum Gasteiger partial charge on any atom is 0.0479 e. The predicted octanol–water partition coefficient (Wildman–Crippen LogP) is 3.81. The first-order chi connectivity index (χ1) is 8.49. The van der Waals surface area contributed by atoms with Crippen molar-refractivity contribution in [1.29, 1.82) is 0 Å². The predicted molar refractivity (Wildman–Crippen MR) is 83.4 cm³/mol. The number of rotatable bonds is 4. The molecule has 2 unspecified atom stereocenters. The van der Waals surface area contributed by atoms with Crippen LogP contribution >= 0.6 is 27.3 Å². The summed E-state index contributed by atoms with van der Waals surface area (Å²) >= 11 is 5.58. The van der Waals surface area contributed by atoms with Crippen molar-refractivity contribution in [2.24, 2.45) is 5.92 Å². The standard InChI is InChI=1S/C14H23BrN2S/c1-9(2)16-8-11-5-6-17(4)14(11)13-7-12(15)10(3)18-13/h7,9,11,14,16H,5-6,8H2,1-4H3. The number of thiophene rings is 1. The van der Waals surface area contributed by atoms with Gasteiger partial charge in [0, 0.05) is 32.9 Å². The molecular formula is C14H23BrN2S. The van der Waals surface area contributed by atoms with Gasteiger partial charge in [-0.2, -0.15) is 0 Å². The smallest absolute Gasteiger partial charge is 0.0479 e. The van der Waals surface area contributed by atoms with Crippen LogP contribution in [0.3, 0.4) is 0 Å². The third kappa shape index (κ3) is 3.16. The van der Waals surface area contributed by atoms with Crippen molar-refractivity contribution in [2.75, 3.05) is 20.1 Å². The minimum absolute atomic E-state index is 0.577. The van der Waals surface area contributed by atoms with Crippen molar-refractivity contribution in [2.45, 2.75) is 39.3 Å². The van der Waals surface area contributed by atoms with Crippen LogP contribution in [0, 0.1) is 12.8 Å². The molecule has 1 aliphatic heterocycles. The molecule has 2 heterocycles. The van der Waals surface area contributed by atoms with E-state index in [0.29, 0.717) is 12.1 Å². The van der Waals surface area contributed by atoms with Gasteiger partial charge in [-0.3, -0.25) is 4.90 Å². The zero-order valence-corrected chi connectivity index (χ0v) is 14.1. The molecule has 1 saturated heterocycles. The first-order valence-corrected chi connectivity index (χ1v) is 8.29. The van der Waals surface area contributed by atoms with E-state index in [1.165, 1.54) is 27.2 Å². The van der Waals surface area contributed by atoms with Gasteiger partial charge in [-0.15, -0.1) is 11.3 Å². The van der Waals surface area contributed by atoms with Crippen molar-refractivity contribution in [3.05, 3.63) is 20.3 Å². The maximum absolute atomic E-state index is 3.64. The van der Waals surface area contributed by atoms with Crippen LogP contribution in [-0.2, 0) is 0 Å². The molecule has 1 aromatic heterocycles. The summed E-state index contributed by atoms with van der Waals surface area (Å²) < 4.78 is 1.26. The van der Waals surface area contributed by atoms with Gasteiger partial charge in [-0.05, 0) is 54.9 Å². The van der Waals surface area contributed by atoms with Crippen LogP contribution in [0.25, 0.3) is 0 Å². The Hall–Kier alpha value is 0.100. The molecule has 4 heteroatoms. The van der Waals surface area contributed by atoms with Crippen molar-refractivity contribution < 1.29 is 0 Å². The Kier molecular flexibility index (Phi) is 4.86. The molecular weight excluding hydrogens is 308 g/mol. The second-order valence-electron chi connectivity index (χ2n) is 5.59. The number of likely N-dealkylation sites (tertiary alicyclic amines) is 1. The molecule has 0 radical (unpaired) electrons. The fourth-order valence-corrected chi connectivity index (χ4v) is 4.52. The minimum atomic E-state index is 0.577. The Morgan fingerprint density at radius 3 is 2.83 bits per heavy atom. The van der Waals surface area contributed by atoms with E-state index in [0.717, 1.165) is 12.5 Å². The molecule has 0 spiro atoms. The lowest BCUT2D eigenvalue weighted by atomic mass is 9.98. The number of nitrogens with zero attached hydrogens (tertiary/aromatic N) is 1. The molecule has 0 amide bonds. The molecule has 0 aliphatic carbocycles. The van der Waals surface area contributed by atoms with Crippen LogP contribution in [-0.4, -0.2) is 31.1 Å². The van der Waals surface area contributed by atoms with E-state index in [9.17, 15) is 0 Å². The molecule has 1 aromatic rings. The van der Waals surface area contributed by atoms with Crippen LogP contribution in [0.1, 0.15) is 36.1 Å². The van der Waals surface area contributed by atoms with Gasteiger partial charge in [0.2, 0.25) is 0 Å². The molecule has 18 heavy (non-hydrogen) atoms. The van der Waals surface area contributed by atoms with Crippen molar-refractivity contribution in [1.82, 2.24) is 10.2 Å². The summed E-state index contributed by atoms with van der Waals surface area (Å²) in [6.07, 6.45) is 1.30. The zero-order valence-electron chi connectivity index (χ0n) is 11.7. The third-order valence-corrected chi connectivity index (χ3v) is 5.94. The highest BCUT2D eigenvalue weighted by Gasteiger charge is 2.34. The van der Waals surface area contributed by atoms with Gasteiger partial charge in [0.1, 0.15) is 0 Å². The summed E-state index contributed by atoms with van der Waals surface area (Å²) in [6.45, 7) is 8.97. The molecule has 102 valence electrons. The number of halogens is 1. The zero-order chi connectivity index (χ0) is 13.3. The van der Waals surface area contributed by atoms with Gasteiger partial charge in [-0.1, -0.05) is 13.8 Å². The van der Waals surface area contributed by atoms with Gasteiger partial charge < -0.3 is 5.32 Å². The SMILES string of the molecule is Cc1sc(C2C(CNC(C)C)CCN2C)cc1Br. The van der Waals surface area contributed by atoms with Gasteiger partial charge in [-0.25, -0.2) is 0 Å².